The first-order chi connectivity index (χ1) is 8.22. The minimum absolute atomic E-state index is 0. The van der Waals surface area contributed by atoms with Crippen molar-refractivity contribution in [2.24, 2.45) is 11.8 Å². The highest BCUT2D eigenvalue weighted by molar-refractivity contribution is 5.85. The zero-order chi connectivity index (χ0) is 11.8. The van der Waals surface area contributed by atoms with Gasteiger partial charge in [-0.2, -0.15) is 0 Å². The summed E-state index contributed by atoms with van der Waals surface area (Å²) in [6.45, 7) is 10.6. The number of fused-ring (bicyclic) bond motifs is 1. The first kappa shape index (κ1) is 13.9. The summed E-state index contributed by atoms with van der Waals surface area (Å²) in [6, 6.07) is 6.81. The van der Waals surface area contributed by atoms with Gasteiger partial charge in [0.05, 0.1) is 0 Å². The second kappa shape index (κ2) is 5.60. The van der Waals surface area contributed by atoms with Gasteiger partial charge in [0.1, 0.15) is 0 Å². The zero-order valence-electron chi connectivity index (χ0n) is 11.3. The van der Waals surface area contributed by atoms with Crippen LogP contribution < -0.4 is 5.32 Å². The van der Waals surface area contributed by atoms with Gasteiger partial charge in [-0.1, -0.05) is 23.8 Å². The van der Waals surface area contributed by atoms with Crippen molar-refractivity contribution in [3.8, 4) is 0 Å². The fourth-order valence-corrected chi connectivity index (χ4v) is 3.29. The lowest BCUT2D eigenvalue weighted by atomic mass is 10.0. The van der Waals surface area contributed by atoms with Crippen LogP contribution in [0.4, 0.5) is 0 Å². The molecule has 0 unspecified atom stereocenters. The first-order valence-corrected chi connectivity index (χ1v) is 6.71. The van der Waals surface area contributed by atoms with Gasteiger partial charge < -0.3 is 5.32 Å². The number of hydrogen-bond donors (Lipinski definition) is 1. The molecule has 0 aromatic heterocycles. The van der Waals surface area contributed by atoms with Crippen molar-refractivity contribution in [1.82, 2.24) is 10.2 Å². The Morgan fingerprint density at radius 1 is 1.17 bits per heavy atom. The van der Waals surface area contributed by atoms with Crippen LogP contribution in [0, 0.1) is 25.7 Å². The Kier molecular flexibility index (Phi) is 4.31. The van der Waals surface area contributed by atoms with Gasteiger partial charge >= 0.3 is 0 Å². The SMILES string of the molecule is Cc1ccc(C)c(CN2C[C@H]3CNC[C@H]3C2)c1.Cl. The van der Waals surface area contributed by atoms with Gasteiger partial charge in [0, 0.05) is 19.6 Å². The van der Waals surface area contributed by atoms with Crippen LogP contribution in [0.2, 0.25) is 0 Å². The van der Waals surface area contributed by atoms with E-state index in [-0.39, 0.29) is 12.4 Å². The molecule has 2 heterocycles. The molecule has 2 aliphatic heterocycles. The highest BCUT2D eigenvalue weighted by Crippen LogP contribution is 2.28. The van der Waals surface area contributed by atoms with E-state index in [0.29, 0.717) is 0 Å². The smallest absolute Gasteiger partial charge is 0.0236 e. The molecule has 1 N–H and O–H groups in total. The second-order valence-electron chi connectivity index (χ2n) is 5.80. The maximum atomic E-state index is 3.50. The Balaban J connectivity index is 0.00000120. The number of halogens is 1. The molecule has 2 aliphatic rings. The van der Waals surface area contributed by atoms with E-state index in [2.05, 4.69) is 42.3 Å². The van der Waals surface area contributed by atoms with Gasteiger partial charge in [-0.25, -0.2) is 0 Å². The van der Waals surface area contributed by atoms with Crippen LogP contribution in [-0.2, 0) is 6.54 Å². The normalized spacial score (nSPS) is 27.0. The molecule has 0 amide bonds. The Morgan fingerprint density at radius 3 is 2.50 bits per heavy atom. The monoisotopic (exact) mass is 266 g/mol. The molecule has 18 heavy (non-hydrogen) atoms. The van der Waals surface area contributed by atoms with E-state index >= 15 is 0 Å². The van der Waals surface area contributed by atoms with E-state index in [1.54, 1.807) is 0 Å². The molecule has 0 bridgehead atoms. The molecule has 0 spiro atoms. The van der Waals surface area contributed by atoms with Gasteiger partial charge in [0.25, 0.3) is 0 Å². The average molecular weight is 267 g/mol. The van der Waals surface area contributed by atoms with E-state index in [1.807, 2.05) is 0 Å². The molecule has 1 aromatic rings. The van der Waals surface area contributed by atoms with Crippen LogP contribution in [0.1, 0.15) is 16.7 Å². The predicted molar refractivity (Wildman–Crippen MR) is 78.3 cm³/mol. The Hall–Kier alpha value is -0.570. The third-order valence-electron chi connectivity index (χ3n) is 4.36. The van der Waals surface area contributed by atoms with Gasteiger partial charge in [-0.3, -0.25) is 4.90 Å². The van der Waals surface area contributed by atoms with Gasteiger partial charge in [0.15, 0.2) is 0 Å². The second-order valence-corrected chi connectivity index (χ2v) is 5.80. The van der Waals surface area contributed by atoms with Crippen molar-refractivity contribution < 1.29 is 0 Å². The minimum atomic E-state index is 0. The quantitative estimate of drug-likeness (QED) is 0.884. The van der Waals surface area contributed by atoms with E-state index in [9.17, 15) is 0 Å². The number of aryl methyl sites for hydroxylation is 2. The van der Waals surface area contributed by atoms with E-state index < -0.39 is 0 Å². The topological polar surface area (TPSA) is 15.3 Å². The predicted octanol–water partition coefficient (Wildman–Crippen LogP) is 2.38. The molecular weight excluding hydrogens is 244 g/mol. The summed E-state index contributed by atoms with van der Waals surface area (Å²) in [6.07, 6.45) is 0. The molecule has 2 nitrogen and oxygen atoms in total. The number of likely N-dealkylation sites (tertiary alicyclic amines) is 1. The first-order valence-electron chi connectivity index (χ1n) is 6.71. The summed E-state index contributed by atoms with van der Waals surface area (Å²) in [4.78, 5) is 2.64. The molecule has 2 saturated heterocycles. The summed E-state index contributed by atoms with van der Waals surface area (Å²) < 4.78 is 0. The Morgan fingerprint density at radius 2 is 1.83 bits per heavy atom. The van der Waals surface area contributed by atoms with Gasteiger partial charge in [0.2, 0.25) is 0 Å². The summed E-state index contributed by atoms with van der Waals surface area (Å²) in [7, 11) is 0. The minimum Gasteiger partial charge on any atom is -0.316 e. The molecule has 1 aromatic carbocycles. The van der Waals surface area contributed by atoms with E-state index in [0.717, 1.165) is 18.4 Å². The highest BCUT2D eigenvalue weighted by Gasteiger charge is 2.35. The Labute approximate surface area is 116 Å². The van der Waals surface area contributed by atoms with E-state index in [4.69, 9.17) is 0 Å². The molecule has 3 rings (SSSR count). The fraction of sp³-hybridized carbons (Fsp3) is 0.600. The summed E-state index contributed by atoms with van der Waals surface area (Å²) in [5.41, 5.74) is 4.33. The lowest BCUT2D eigenvalue weighted by Gasteiger charge is -2.18. The van der Waals surface area contributed by atoms with Crippen molar-refractivity contribution in [1.29, 1.82) is 0 Å². The van der Waals surface area contributed by atoms with E-state index in [1.165, 1.54) is 42.9 Å². The maximum Gasteiger partial charge on any atom is 0.0236 e. The molecular formula is C15H23ClN2. The largest absolute Gasteiger partial charge is 0.316 e. The fourth-order valence-electron chi connectivity index (χ4n) is 3.29. The number of hydrogen-bond acceptors (Lipinski definition) is 2. The van der Waals surface area contributed by atoms with Gasteiger partial charge in [-0.15, -0.1) is 12.4 Å². The maximum absolute atomic E-state index is 3.50. The summed E-state index contributed by atoms with van der Waals surface area (Å²) >= 11 is 0. The standard InChI is InChI=1S/C15H22N2.ClH/c1-11-3-4-12(2)13(5-11)8-17-9-14-6-16-7-15(14)10-17;/h3-5,14-16H,6-10H2,1-2H3;1H/t14-,15+;. The molecule has 0 radical (unpaired) electrons. The summed E-state index contributed by atoms with van der Waals surface area (Å²) in [5, 5.41) is 3.50. The van der Waals surface area contributed by atoms with Crippen molar-refractivity contribution >= 4 is 12.4 Å². The lowest BCUT2D eigenvalue weighted by molar-refractivity contribution is 0.305. The van der Waals surface area contributed by atoms with Crippen molar-refractivity contribution in [3.05, 3.63) is 34.9 Å². The number of nitrogens with zero attached hydrogens (tertiary/aromatic N) is 1. The number of nitrogens with one attached hydrogen (secondary N) is 1. The molecule has 100 valence electrons. The molecule has 2 atom stereocenters. The van der Waals surface area contributed by atoms with Gasteiger partial charge in [-0.05, 0) is 49.9 Å². The molecule has 2 fully saturated rings. The lowest BCUT2D eigenvalue weighted by Crippen LogP contribution is -2.25. The van der Waals surface area contributed by atoms with Crippen LogP contribution in [0.15, 0.2) is 18.2 Å². The van der Waals surface area contributed by atoms with Crippen molar-refractivity contribution in [3.63, 3.8) is 0 Å². The van der Waals surface area contributed by atoms with Crippen LogP contribution >= 0.6 is 12.4 Å². The third-order valence-corrected chi connectivity index (χ3v) is 4.36. The van der Waals surface area contributed by atoms with Crippen LogP contribution in [-0.4, -0.2) is 31.1 Å². The molecule has 0 saturated carbocycles. The van der Waals surface area contributed by atoms with Crippen LogP contribution in [0.3, 0.4) is 0 Å². The Bertz CT molecular complexity index is 407. The third kappa shape index (κ3) is 2.71. The van der Waals surface area contributed by atoms with Crippen LogP contribution in [0.25, 0.3) is 0 Å². The highest BCUT2D eigenvalue weighted by atomic mass is 35.5. The molecule has 3 heteroatoms. The van der Waals surface area contributed by atoms with Crippen molar-refractivity contribution in [2.45, 2.75) is 20.4 Å². The zero-order valence-corrected chi connectivity index (χ0v) is 12.1. The number of rotatable bonds is 2. The average Bonchev–Trinajstić information content (AvgIpc) is 2.83. The van der Waals surface area contributed by atoms with Crippen LogP contribution in [0.5, 0.6) is 0 Å². The summed E-state index contributed by atoms with van der Waals surface area (Å²) in [5.74, 6) is 1.81. The number of benzene rings is 1. The van der Waals surface area contributed by atoms with Crippen molar-refractivity contribution in [2.75, 3.05) is 26.2 Å². The molecule has 0 aliphatic carbocycles.